The predicted octanol–water partition coefficient (Wildman–Crippen LogP) is 0.362. The number of Topliss-reactive ketones (excluding diaryl/α,β-unsaturated/α-hetero) is 1. The minimum atomic E-state index is -0.598. The number of nitrogens with zero attached hydrogens (tertiary/aromatic N) is 2. The second-order valence-electron chi connectivity index (χ2n) is 4.14. The van der Waals surface area contributed by atoms with Crippen LogP contribution in [0.3, 0.4) is 0 Å². The maximum atomic E-state index is 11.8. The van der Waals surface area contributed by atoms with Gasteiger partial charge in [0.05, 0.1) is 24.3 Å². The molecule has 7 nitrogen and oxygen atoms in total. The topological polar surface area (TPSA) is 91.4 Å². The highest BCUT2D eigenvalue weighted by Crippen LogP contribution is 2.14. The molecule has 1 aromatic heterocycles. The lowest BCUT2D eigenvalue weighted by molar-refractivity contribution is -0.385. The Morgan fingerprint density at radius 2 is 2.33 bits per heavy atom. The van der Waals surface area contributed by atoms with Crippen LogP contribution in [0, 0.1) is 16.0 Å². The summed E-state index contributed by atoms with van der Waals surface area (Å²) in [7, 11) is 0. The highest BCUT2D eigenvalue weighted by Gasteiger charge is 2.24. The number of hydrogen-bond donors (Lipinski definition) is 0. The highest BCUT2D eigenvalue weighted by atomic mass is 16.6. The average Bonchev–Trinajstić information content (AvgIpc) is 2.85. The van der Waals surface area contributed by atoms with Gasteiger partial charge >= 0.3 is 0 Å². The normalized spacial score (nSPS) is 18.8. The number of nitro groups is 1. The first-order valence-corrected chi connectivity index (χ1v) is 5.53. The first-order valence-electron chi connectivity index (χ1n) is 5.53. The molecular weight excluding hydrogens is 240 g/mol. The monoisotopic (exact) mass is 252 g/mol. The summed E-state index contributed by atoms with van der Waals surface area (Å²) in [5, 5.41) is 10.6. The van der Waals surface area contributed by atoms with Crippen LogP contribution in [0.2, 0.25) is 0 Å². The Labute approximate surface area is 102 Å². The minimum Gasteiger partial charge on any atom is -0.381 e. The van der Waals surface area contributed by atoms with Crippen molar-refractivity contribution in [1.29, 1.82) is 0 Å². The molecule has 1 aliphatic heterocycles. The average molecular weight is 252 g/mol. The summed E-state index contributed by atoms with van der Waals surface area (Å²) in [6.45, 7) is 0.761. The zero-order valence-corrected chi connectivity index (χ0v) is 9.57. The van der Waals surface area contributed by atoms with E-state index in [1.54, 1.807) is 0 Å². The molecule has 0 radical (unpaired) electrons. The Bertz CT molecular complexity index is 530. The molecule has 1 aromatic rings. The molecule has 96 valence electrons. The Morgan fingerprint density at radius 1 is 1.56 bits per heavy atom. The molecule has 0 bridgehead atoms. The number of hydrogen-bond acceptors (Lipinski definition) is 5. The molecular formula is C11H12N2O5. The van der Waals surface area contributed by atoms with E-state index in [4.69, 9.17) is 4.74 Å². The highest BCUT2D eigenvalue weighted by molar-refractivity contribution is 5.81. The van der Waals surface area contributed by atoms with Gasteiger partial charge in [0.15, 0.2) is 5.78 Å². The molecule has 0 aromatic carbocycles. The summed E-state index contributed by atoms with van der Waals surface area (Å²) in [5.41, 5.74) is -0.627. The maximum Gasteiger partial charge on any atom is 0.285 e. The van der Waals surface area contributed by atoms with Gasteiger partial charge in [-0.15, -0.1) is 0 Å². The van der Waals surface area contributed by atoms with Gasteiger partial charge in [-0.1, -0.05) is 0 Å². The molecule has 1 unspecified atom stereocenters. The number of rotatable bonds is 4. The molecule has 0 N–H and O–H groups in total. The van der Waals surface area contributed by atoms with Crippen LogP contribution < -0.4 is 5.56 Å². The van der Waals surface area contributed by atoms with Crippen molar-refractivity contribution in [2.45, 2.75) is 13.0 Å². The van der Waals surface area contributed by atoms with Gasteiger partial charge < -0.3 is 9.30 Å². The molecule has 0 spiro atoms. The Kier molecular flexibility index (Phi) is 3.52. The smallest absolute Gasteiger partial charge is 0.285 e. The fourth-order valence-electron chi connectivity index (χ4n) is 1.84. The number of ketones is 1. The fraction of sp³-hybridized carbons (Fsp3) is 0.455. The van der Waals surface area contributed by atoms with Gasteiger partial charge in [-0.25, -0.2) is 0 Å². The van der Waals surface area contributed by atoms with Gasteiger partial charge in [0.1, 0.15) is 0 Å². The Hall–Kier alpha value is -2.02. The fourth-order valence-corrected chi connectivity index (χ4v) is 1.84. The Balaban J connectivity index is 2.17. The number of ether oxygens (including phenoxy) is 1. The number of pyridine rings is 1. The van der Waals surface area contributed by atoms with Gasteiger partial charge in [0.25, 0.3) is 11.2 Å². The molecule has 7 heteroatoms. The van der Waals surface area contributed by atoms with Gasteiger partial charge in [-0.2, -0.15) is 0 Å². The van der Waals surface area contributed by atoms with E-state index in [0.29, 0.717) is 19.6 Å². The molecule has 0 aliphatic carbocycles. The van der Waals surface area contributed by atoms with Crippen molar-refractivity contribution in [3.8, 4) is 0 Å². The first-order chi connectivity index (χ1) is 8.58. The van der Waals surface area contributed by atoms with E-state index in [9.17, 15) is 19.7 Å². The van der Waals surface area contributed by atoms with Crippen LogP contribution in [0.5, 0.6) is 0 Å². The third kappa shape index (κ3) is 2.62. The Morgan fingerprint density at radius 3 is 2.94 bits per heavy atom. The van der Waals surface area contributed by atoms with E-state index in [0.717, 1.165) is 22.9 Å². The number of carbonyl (C=O) groups is 1. The summed E-state index contributed by atoms with van der Waals surface area (Å²) in [6.07, 6.45) is 1.73. The summed E-state index contributed by atoms with van der Waals surface area (Å²) in [5.74, 6) is -0.341. The molecule has 0 saturated carbocycles. The quantitative estimate of drug-likeness (QED) is 0.570. The third-order valence-electron chi connectivity index (χ3n) is 2.89. The lowest BCUT2D eigenvalue weighted by atomic mass is 10.0. The largest absolute Gasteiger partial charge is 0.381 e. The zero-order valence-electron chi connectivity index (χ0n) is 9.57. The van der Waals surface area contributed by atoms with E-state index in [1.807, 2.05) is 0 Å². The molecule has 2 heterocycles. The molecule has 2 rings (SSSR count). The zero-order chi connectivity index (χ0) is 13.1. The van der Waals surface area contributed by atoms with E-state index >= 15 is 0 Å². The van der Waals surface area contributed by atoms with Crippen LogP contribution in [0.15, 0.2) is 23.1 Å². The summed E-state index contributed by atoms with van der Waals surface area (Å²) >= 11 is 0. The van der Waals surface area contributed by atoms with Crippen molar-refractivity contribution in [3.63, 3.8) is 0 Å². The van der Waals surface area contributed by atoms with Crippen LogP contribution in [0.1, 0.15) is 6.42 Å². The predicted molar refractivity (Wildman–Crippen MR) is 61.3 cm³/mol. The SMILES string of the molecule is O=C(Cn1cc([N+](=O)[O-])ccc1=O)C1CCOC1. The van der Waals surface area contributed by atoms with E-state index in [2.05, 4.69) is 0 Å². The lowest BCUT2D eigenvalue weighted by Gasteiger charge is -2.08. The maximum absolute atomic E-state index is 11.8. The molecule has 1 fully saturated rings. The van der Waals surface area contributed by atoms with Crippen LogP contribution in [-0.4, -0.2) is 28.5 Å². The van der Waals surface area contributed by atoms with Crippen molar-refractivity contribution in [2.75, 3.05) is 13.2 Å². The van der Waals surface area contributed by atoms with Crippen LogP contribution in [-0.2, 0) is 16.1 Å². The lowest BCUT2D eigenvalue weighted by Crippen LogP contribution is -2.27. The summed E-state index contributed by atoms with van der Waals surface area (Å²) in [6, 6.07) is 2.22. The van der Waals surface area contributed by atoms with Crippen molar-refractivity contribution < 1.29 is 14.5 Å². The van der Waals surface area contributed by atoms with Crippen molar-refractivity contribution in [1.82, 2.24) is 4.57 Å². The number of carbonyl (C=O) groups excluding carboxylic acids is 1. The summed E-state index contributed by atoms with van der Waals surface area (Å²) in [4.78, 5) is 33.3. The first kappa shape index (κ1) is 12.4. The van der Waals surface area contributed by atoms with E-state index in [-0.39, 0.29) is 23.9 Å². The molecule has 1 atom stereocenters. The van der Waals surface area contributed by atoms with Crippen LogP contribution in [0.4, 0.5) is 5.69 Å². The molecule has 1 saturated heterocycles. The standard InChI is InChI=1S/C11H12N2O5/c14-10(8-3-4-18-7-8)6-12-5-9(13(16)17)1-2-11(12)15/h1-2,5,8H,3-4,6-7H2. The second-order valence-corrected chi connectivity index (χ2v) is 4.14. The molecule has 1 aliphatic rings. The minimum absolute atomic E-state index is 0.130. The van der Waals surface area contributed by atoms with Gasteiger partial charge in [0, 0.05) is 24.7 Å². The molecule has 18 heavy (non-hydrogen) atoms. The second kappa shape index (κ2) is 5.09. The van der Waals surface area contributed by atoms with E-state index in [1.165, 1.54) is 0 Å². The van der Waals surface area contributed by atoms with Crippen molar-refractivity contribution in [2.24, 2.45) is 5.92 Å². The molecule has 0 amide bonds. The third-order valence-corrected chi connectivity index (χ3v) is 2.89. The van der Waals surface area contributed by atoms with E-state index < -0.39 is 10.5 Å². The summed E-state index contributed by atoms with van der Waals surface area (Å²) < 4.78 is 6.16. The van der Waals surface area contributed by atoms with Gasteiger partial charge in [-0.3, -0.25) is 19.7 Å². The van der Waals surface area contributed by atoms with Crippen LogP contribution >= 0.6 is 0 Å². The van der Waals surface area contributed by atoms with Gasteiger partial charge in [-0.05, 0) is 6.42 Å². The van der Waals surface area contributed by atoms with Gasteiger partial charge in [0.2, 0.25) is 0 Å². The van der Waals surface area contributed by atoms with Crippen molar-refractivity contribution in [3.05, 3.63) is 38.8 Å². The number of aromatic nitrogens is 1. The van der Waals surface area contributed by atoms with Crippen LogP contribution in [0.25, 0.3) is 0 Å². The van der Waals surface area contributed by atoms with Crippen molar-refractivity contribution >= 4 is 11.5 Å².